The molecule has 4 heterocycles. The van der Waals surface area contributed by atoms with Gasteiger partial charge in [-0.2, -0.15) is 4.31 Å². The molecule has 33 heteroatoms. The van der Waals surface area contributed by atoms with Crippen molar-refractivity contribution in [2.45, 2.75) is 179 Å². The molecule has 2 aromatic rings. The molecule has 0 bridgehead atoms. The number of hydrogen-bond donors (Lipinski definition) is 11. The summed E-state index contributed by atoms with van der Waals surface area (Å²) in [7, 11) is -16.5. The fraction of sp³-hybridized carbons (Fsp3) is 0.795. The maximum atomic E-state index is 12.8. The number of carbonyl (C=O) groups excluding carboxylic acids is 4. The molecule has 2 fully saturated rings. The number of ketones is 1. The van der Waals surface area contributed by atoms with E-state index >= 15 is 0 Å². The lowest BCUT2D eigenvalue weighted by molar-refractivity contribution is -0.261. The van der Waals surface area contributed by atoms with Crippen LogP contribution in [0.4, 0.5) is 5.82 Å². The summed E-state index contributed by atoms with van der Waals surface area (Å²) in [4.78, 5) is 101. The number of amides is 2. The molecule has 0 aliphatic carbocycles. The Hall–Kier alpha value is -2.93. The number of unbranched alkanes of at least 4 members (excludes halogenated alkanes) is 11. The van der Waals surface area contributed by atoms with E-state index in [-0.39, 0.29) is 72.1 Å². The van der Waals surface area contributed by atoms with E-state index < -0.39 is 103 Å². The number of nitrogen functional groups attached to an aromatic ring is 1. The Bertz CT molecular complexity index is 2350. The van der Waals surface area contributed by atoms with Gasteiger partial charge < -0.3 is 70.6 Å². The van der Waals surface area contributed by atoms with Crippen LogP contribution in [0, 0.1) is 5.41 Å². The van der Waals surface area contributed by atoms with E-state index in [1.54, 1.807) is 6.92 Å². The maximum absolute atomic E-state index is 12.8. The molecule has 0 radical (unpaired) electrons. The van der Waals surface area contributed by atoms with Crippen LogP contribution in [0.15, 0.2) is 12.7 Å². The number of nitrogens with one attached hydrogen (secondary N) is 2. The summed E-state index contributed by atoms with van der Waals surface area (Å²) in [6, 6.07) is 0. The minimum Gasteiger partial charge on any atom is -0.390 e. The van der Waals surface area contributed by atoms with E-state index in [0.29, 0.717) is 13.0 Å². The van der Waals surface area contributed by atoms with Crippen LogP contribution < -0.4 is 16.4 Å². The van der Waals surface area contributed by atoms with Crippen LogP contribution in [0.3, 0.4) is 0 Å². The predicted molar refractivity (Wildman–Crippen MR) is 274 cm³/mol. The van der Waals surface area contributed by atoms with Crippen LogP contribution in [0.5, 0.6) is 0 Å². The molecular weight excluding hydrogens is 1100 g/mol. The molecule has 77 heavy (non-hydrogen) atoms. The van der Waals surface area contributed by atoms with E-state index in [2.05, 4.69) is 34.4 Å². The van der Waals surface area contributed by atoms with E-state index in [4.69, 9.17) is 29.0 Å². The molecule has 2 saturated heterocycles. The third-order valence-electron chi connectivity index (χ3n) is 12.4. The highest BCUT2D eigenvalue weighted by Crippen LogP contribution is 2.61. The number of anilines is 1. The standard InChI is InChI=1S/C44H76N7O22P3S/c1-28-30(53)23-31(54)43(70-28)67-20-15-13-11-9-7-5-4-6-8-10-12-14-16-29(52)22-34(56)77-21-19-46-33(55)17-18-47-41(59)38(58)44(2,3)25-69-76(65,66)73-75(63,64)68-24-32-37(72-74(60,61)62)36(57)42(71-32)51-27-50-35-39(45)48-26-49-40(35)51/h26-28,30-32,36-38,42-43,53-54,57-58H,4-25H2,1-3H3,(H,46,55)(H,47,59)(H,63,64)(H,65,66)(H2,45,48,49)(H2,60,61,62)/t28-,30+,31+,32+,36+,37+,38-,42+,43+/m0/s1. The minimum absolute atomic E-state index is 0.0209. The zero-order chi connectivity index (χ0) is 57.0. The number of carbonyl (C=O) groups is 4. The van der Waals surface area contributed by atoms with Crippen molar-refractivity contribution < 1.29 is 105 Å². The molecule has 2 amide bonds. The summed E-state index contributed by atoms with van der Waals surface area (Å²) in [6.07, 6.45) is 3.42. The number of phosphoric ester groups is 3. The molecular formula is C44H76N7O22P3S. The van der Waals surface area contributed by atoms with Crippen LogP contribution in [0.25, 0.3) is 11.2 Å². The number of nitrogens with zero attached hydrogens (tertiary/aromatic N) is 4. The number of aromatic nitrogens is 4. The Morgan fingerprint density at radius 3 is 2.12 bits per heavy atom. The molecule has 2 unspecified atom stereocenters. The summed E-state index contributed by atoms with van der Waals surface area (Å²) >= 11 is 0.921. The fourth-order valence-corrected chi connectivity index (χ4v) is 11.6. The number of ether oxygens (including phenoxy) is 3. The van der Waals surface area contributed by atoms with Gasteiger partial charge in [-0.25, -0.2) is 28.6 Å². The summed E-state index contributed by atoms with van der Waals surface area (Å²) < 4.78 is 73.6. The Morgan fingerprint density at radius 2 is 1.47 bits per heavy atom. The van der Waals surface area contributed by atoms with Crippen molar-refractivity contribution in [2.75, 3.05) is 44.4 Å². The number of rotatable bonds is 37. The van der Waals surface area contributed by atoms with Crippen LogP contribution >= 0.6 is 35.2 Å². The van der Waals surface area contributed by atoms with Gasteiger partial charge in [-0.1, -0.05) is 89.8 Å². The zero-order valence-electron chi connectivity index (χ0n) is 43.3. The van der Waals surface area contributed by atoms with Gasteiger partial charge >= 0.3 is 23.5 Å². The summed E-state index contributed by atoms with van der Waals surface area (Å²) in [5.74, 6) is -1.47. The third-order valence-corrected chi connectivity index (χ3v) is 16.4. The number of aliphatic hydroxyl groups is 4. The van der Waals surface area contributed by atoms with Gasteiger partial charge in [0, 0.05) is 50.1 Å². The van der Waals surface area contributed by atoms with Gasteiger partial charge in [-0.15, -0.1) is 0 Å². The van der Waals surface area contributed by atoms with Gasteiger partial charge in [0.2, 0.25) is 11.8 Å². The number of imidazole rings is 1. The lowest BCUT2D eigenvalue weighted by atomic mass is 9.87. The first-order valence-corrected chi connectivity index (χ1v) is 30.9. The number of thioether (sulfide) groups is 1. The van der Waals surface area contributed by atoms with Gasteiger partial charge in [0.15, 0.2) is 29.1 Å². The molecule has 2 aliphatic heterocycles. The van der Waals surface area contributed by atoms with Crippen LogP contribution in [0.2, 0.25) is 0 Å². The zero-order valence-corrected chi connectivity index (χ0v) is 46.8. The molecule has 4 rings (SSSR count). The molecule has 11 atom stereocenters. The molecule has 2 aromatic heterocycles. The van der Waals surface area contributed by atoms with Crippen LogP contribution in [-0.4, -0.2) is 170 Å². The Labute approximate surface area is 449 Å². The Morgan fingerprint density at radius 1 is 0.844 bits per heavy atom. The van der Waals surface area contributed by atoms with E-state index in [1.165, 1.54) is 33.1 Å². The first kappa shape index (κ1) is 66.6. The molecule has 0 aromatic carbocycles. The molecule has 0 saturated carbocycles. The number of nitrogens with two attached hydrogens (primary N) is 1. The van der Waals surface area contributed by atoms with Crippen LogP contribution in [0.1, 0.15) is 130 Å². The molecule has 29 nitrogen and oxygen atoms in total. The normalized spacial score (nSPS) is 24.0. The van der Waals surface area contributed by atoms with Crippen molar-refractivity contribution in [2.24, 2.45) is 5.41 Å². The first-order chi connectivity index (χ1) is 36.2. The topological polar surface area (TPSA) is 440 Å². The maximum Gasteiger partial charge on any atom is 0.481 e. The highest BCUT2D eigenvalue weighted by molar-refractivity contribution is 8.13. The van der Waals surface area contributed by atoms with Crippen molar-refractivity contribution in [1.82, 2.24) is 30.2 Å². The predicted octanol–water partition coefficient (Wildman–Crippen LogP) is 2.57. The molecule has 2 aliphatic rings. The van der Waals surface area contributed by atoms with Crippen molar-refractivity contribution in [3.8, 4) is 0 Å². The smallest absolute Gasteiger partial charge is 0.390 e. The number of phosphoric acid groups is 3. The third kappa shape index (κ3) is 23.6. The molecule has 12 N–H and O–H groups in total. The molecule has 0 spiro atoms. The van der Waals surface area contributed by atoms with Crippen molar-refractivity contribution in [3.05, 3.63) is 12.7 Å². The largest absolute Gasteiger partial charge is 0.481 e. The SMILES string of the molecule is C[C@@H]1O[C@@H](OCCCCCCCCCCCCCCC(=O)CC(=O)SCCNC(=O)CCNC(=O)[C@H](O)C(C)(C)COP(=O)(O)OP(=O)(O)OC[C@H]2O[C@@H](n3cnc4c(N)ncnc43)[C@H](O)[C@@H]2OP(=O)(O)O)[C@H](O)C[C@H]1O. The second-order valence-electron chi connectivity index (χ2n) is 19.4. The number of fused-ring (bicyclic) bond motifs is 1. The van der Waals surface area contributed by atoms with E-state index in [0.717, 1.165) is 86.8 Å². The van der Waals surface area contributed by atoms with Gasteiger partial charge in [0.05, 0.1) is 38.2 Å². The lowest BCUT2D eigenvalue weighted by Crippen LogP contribution is -2.47. The van der Waals surface area contributed by atoms with Crippen molar-refractivity contribution >= 4 is 74.9 Å². The second-order valence-corrected chi connectivity index (χ2v) is 24.8. The van der Waals surface area contributed by atoms with Gasteiger partial charge in [-0.3, -0.25) is 37.3 Å². The Balaban J connectivity index is 1.00. The average molecular weight is 1180 g/mol. The minimum atomic E-state index is -5.60. The van der Waals surface area contributed by atoms with Gasteiger partial charge in [-0.05, 0) is 19.8 Å². The summed E-state index contributed by atoms with van der Waals surface area (Å²) in [5.41, 5.74) is 4.23. The highest BCUT2D eigenvalue weighted by atomic mass is 32.2. The van der Waals surface area contributed by atoms with E-state index in [9.17, 15) is 72.9 Å². The van der Waals surface area contributed by atoms with Gasteiger partial charge in [0.25, 0.3) is 0 Å². The first-order valence-electron chi connectivity index (χ1n) is 25.4. The quantitative estimate of drug-likeness (QED) is 0.0263. The molecule has 440 valence electrons. The number of Topliss-reactive ketones (excluding diaryl/α,β-unsaturated/α-hetero) is 1. The average Bonchev–Trinajstić information content (AvgIpc) is 3.91. The van der Waals surface area contributed by atoms with Crippen LogP contribution in [-0.2, 0) is 65.0 Å². The number of hydrogen-bond acceptors (Lipinski definition) is 23. The van der Waals surface area contributed by atoms with E-state index in [1.807, 2.05) is 0 Å². The monoisotopic (exact) mass is 1180 g/mol. The van der Waals surface area contributed by atoms with Gasteiger partial charge in [0.1, 0.15) is 48.1 Å². The fourth-order valence-electron chi connectivity index (χ4n) is 8.08. The summed E-state index contributed by atoms with van der Waals surface area (Å²) in [6.45, 7) is 2.56. The lowest BCUT2D eigenvalue weighted by Gasteiger charge is -2.35. The Kier molecular flexibility index (Phi) is 27.6. The number of aliphatic hydroxyl groups excluding tert-OH is 4. The van der Waals surface area contributed by atoms with Crippen molar-refractivity contribution in [1.29, 1.82) is 0 Å². The van der Waals surface area contributed by atoms with Crippen molar-refractivity contribution in [3.63, 3.8) is 0 Å². The highest BCUT2D eigenvalue weighted by Gasteiger charge is 2.50. The second kappa shape index (κ2) is 31.9. The summed E-state index contributed by atoms with van der Waals surface area (Å²) in [5, 5.41) is 46.0.